The molecule has 1 fully saturated rings. The third-order valence-electron chi connectivity index (χ3n) is 4.62. The molecule has 2 aromatic rings. The van der Waals surface area contributed by atoms with E-state index in [1.54, 1.807) is 29.2 Å². The van der Waals surface area contributed by atoms with Gasteiger partial charge in [-0.2, -0.15) is 4.31 Å². The SMILES string of the molecule is Cc1c([N+](=O)[O-])cccc1S(=O)(=O)N1CCN(C(=O)c2ccccc2)CC1. The Labute approximate surface area is 157 Å². The minimum absolute atomic E-state index is 0.0699. The van der Waals surface area contributed by atoms with Gasteiger partial charge < -0.3 is 4.90 Å². The van der Waals surface area contributed by atoms with Crippen molar-refractivity contribution >= 4 is 21.6 Å². The largest absolute Gasteiger partial charge is 0.336 e. The number of nitrogens with zero attached hydrogens (tertiary/aromatic N) is 3. The van der Waals surface area contributed by atoms with Crippen molar-refractivity contribution in [2.24, 2.45) is 0 Å². The molecule has 1 heterocycles. The molecule has 1 amide bonds. The summed E-state index contributed by atoms with van der Waals surface area (Å²) < 4.78 is 27.1. The van der Waals surface area contributed by atoms with E-state index in [1.807, 2.05) is 6.07 Å². The quantitative estimate of drug-likeness (QED) is 0.588. The van der Waals surface area contributed by atoms with Gasteiger partial charge >= 0.3 is 0 Å². The Kier molecular flexibility index (Phi) is 5.24. The van der Waals surface area contributed by atoms with Gasteiger partial charge in [0.25, 0.3) is 11.6 Å². The van der Waals surface area contributed by atoms with Crippen molar-refractivity contribution < 1.29 is 18.1 Å². The molecule has 0 N–H and O–H groups in total. The molecule has 0 atom stereocenters. The van der Waals surface area contributed by atoms with Crippen LogP contribution in [0.3, 0.4) is 0 Å². The van der Waals surface area contributed by atoms with Crippen molar-refractivity contribution in [1.29, 1.82) is 0 Å². The highest BCUT2D eigenvalue weighted by atomic mass is 32.2. The van der Waals surface area contributed by atoms with Gasteiger partial charge in [0.1, 0.15) is 0 Å². The molecule has 142 valence electrons. The summed E-state index contributed by atoms with van der Waals surface area (Å²) >= 11 is 0. The number of nitro benzene ring substituents is 1. The van der Waals surface area contributed by atoms with Crippen LogP contribution in [-0.2, 0) is 10.0 Å². The van der Waals surface area contributed by atoms with Gasteiger partial charge in [0.15, 0.2) is 0 Å². The molecular weight excluding hydrogens is 370 g/mol. The van der Waals surface area contributed by atoms with Crippen molar-refractivity contribution in [3.05, 3.63) is 69.8 Å². The molecule has 3 rings (SSSR count). The standard InChI is InChI=1S/C18H19N3O5S/c1-14-16(21(23)24)8-5-9-17(14)27(25,26)20-12-10-19(11-13-20)18(22)15-6-3-2-4-7-15/h2-9H,10-13H2,1H3. The second-order valence-electron chi connectivity index (χ2n) is 6.22. The summed E-state index contributed by atoms with van der Waals surface area (Å²) in [5, 5.41) is 11.1. The van der Waals surface area contributed by atoms with Gasteiger partial charge in [0.2, 0.25) is 10.0 Å². The summed E-state index contributed by atoms with van der Waals surface area (Å²) in [5.41, 5.74) is 0.447. The average Bonchev–Trinajstić information content (AvgIpc) is 2.68. The van der Waals surface area contributed by atoms with E-state index in [9.17, 15) is 23.3 Å². The molecule has 0 unspecified atom stereocenters. The lowest BCUT2D eigenvalue weighted by molar-refractivity contribution is -0.385. The van der Waals surface area contributed by atoms with Crippen molar-refractivity contribution in [2.75, 3.05) is 26.2 Å². The van der Waals surface area contributed by atoms with Crippen molar-refractivity contribution in [2.45, 2.75) is 11.8 Å². The molecular formula is C18H19N3O5S. The summed E-state index contributed by atoms with van der Waals surface area (Å²) in [4.78, 5) is 24.5. The molecule has 2 aromatic carbocycles. The molecule has 9 heteroatoms. The highest BCUT2D eigenvalue weighted by Crippen LogP contribution is 2.27. The number of carbonyl (C=O) groups is 1. The van der Waals surface area contributed by atoms with Crippen molar-refractivity contribution in [3.8, 4) is 0 Å². The fourth-order valence-corrected chi connectivity index (χ4v) is 4.78. The van der Waals surface area contributed by atoms with E-state index in [0.717, 1.165) is 0 Å². The number of sulfonamides is 1. The Hall–Kier alpha value is -2.78. The maximum Gasteiger partial charge on any atom is 0.273 e. The van der Waals surface area contributed by atoms with Crippen LogP contribution in [0.2, 0.25) is 0 Å². The van der Waals surface area contributed by atoms with Gasteiger partial charge in [0.05, 0.1) is 9.82 Å². The van der Waals surface area contributed by atoms with E-state index in [-0.39, 0.29) is 48.2 Å². The molecule has 0 bridgehead atoms. The normalized spacial score (nSPS) is 15.5. The number of hydrogen-bond acceptors (Lipinski definition) is 5. The minimum Gasteiger partial charge on any atom is -0.336 e. The predicted octanol–water partition coefficient (Wildman–Crippen LogP) is 2.05. The van der Waals surface area contributed by atoms with Gasteiger partial charge in [-0.05, 0) is 25.1 Å². The second-order valence-corrected chi connectivity index (χ2v) is 8.13. The maximum absolute atomic E-state index is 12.9. The summed E-state index contributed by atoms with van der Waals surface area (Å²) in [5.74, 6) is -0.140. The van der Waals surface area contributed by atoms with Crippen LogP contribution in [0, 0.1) is 17.0 Å². The first-order valence-corrected chi connectivity index (χ1v) is 9.85. The van der Waals surface area contributed by atoms with Gasteiger partial charge in [-0.25, -0.2) is 8.42 Å². The summed E-state index contributed by atoms with van der Waals surface area (Å²) in [7, 11) is -3.87. The molecule has 1 saturated heterocycles. The summed E-state index contributed by atoms with van der Waals surface area (Å²) in [6.45, 7) is 2.24. The molecule has 0 spiro atoms. The first-order valence-electron chi connectivity index (χ1n) is 8.41. The van der Waals surface area contributed by atoms with Crippen LogP contribution < -0.4 is 0 Å². The lowest BCUT2D eigenvalue weighted by atomic mass is 10.2. The van der Waals surface area contributed by atoms with Crippen LogP contribution in [0.1, 0.15) is 15.9 Å². The Morgan fingerprint density at radius 3 is 2.22 bits per heavy atom. The van der Waals surface area contributed by atoms with Gasteiger partial charge in [-0.3, -0.25) is 14.9 Å². The monoisotopic (exact) mass is 389 g/mol. The van der Waals surface area contributed by atoms with Crippen LogP contribution in [0.4, 0.5) is 5.69 Å². The number of benzene rings is 2. The smallest absolute Gasteiger partial charge is 0.273 e. The van der Waals surface area contributed by atoms with Gasteiger partial charge in [-0.1, -0.05) is 24.3 Å². The van der Waals surface area contributed by atoms with Crippen LogP contribution in [0.15, 0.2) is 53.4 Å². The topological polar surface area (TPSA) is 101 Å². The van der Waals surface area contributed by atoms with Gasteiger partial charge in [-0.15, -0.1) is 0 Å². The molecule has 1 aliphatic rings. The van der Waals surface area contributed by atoms with E-state index >= 15 is 0 Å². The van der Waals surface area contributed by atoms with E-state index in [0.29, 0.717) is 5.56 Å². The first-order chi connectivity index (χ1) is 12.8. The maximum atomic E-state index is 12.9. The number of amides is 1. The number of carbonyl (C=O) groups excluding carboxylic acids is 1. The third kappa shape index (κ3) is 3.69. The Bertz CT molecular complexity index is 968. The third-order valence-corrected chi connectivity index (χ3v) is 6.66. The Balaban J connectivity index is 1.77. The van der Waals surface area contributed by atoms with E-state index in [4.69, 9.17) is 0 Å². The minimum atomic E-state index is -3.87. The number of nitro groups is 1. The Morgan fingerprint density at radius 2 is 1.63 bits per heavy atom. The number of hydrogen-bond donors (Lipinski definition) is 0. The molecule has 0 aromatic heterocycles. The van der Waals surface area contributed by atoms with Crippen molar-refractivity contribution in [1.82, 2.24) is 9.21 Å². The molecule has 1 aliphatic heterocycles. The lowest BCUT2D eigenvalue weighted by Gasteiger charge is -2.34. The highest BCUT2D eigenvalue weighted by Gasteiger charge is 2.32. The van der Waals surface area contributed by atoms with E-state index in [1.165, 1.54) is 29.4 Å². The van der Waals surface area contributed by atoms with E-state index in [2.05, 4.69) is 0 Å². The first kappa shape index (κ1) is 19.0. The highest BCUT2D eigenvalue weighted by molar-refractivity contribution is 7.89. The Morgan fingerprint density at radius 1 is 1.00 bits per heavy atom. The molecule has 27 heavy (non-hydrogen) atoms. The molecule has 8 nitrogen and oxygen atoms in total. The van der Waals surface area contributed by atoms with Crippen LogP contribution in [0.25, 0.3) is 0 Å². The molecule has 0 saturated carbocycles. The zero-order valence-corrected chi connectivity index (χ0v) is 15.6. The van der Waals surface area contributed by atoms with Gasteiger partial charge in [0, 0.05) is 43.4 Å². The number of rotatable bonds is 4. The average molecular weight is 389 g/mol. The molecule has 0 aliphatic carbocycles. The lowest BCUT2D eigenvalue weighted by Crippen LogP contribution is -2.50. The van der Waals surface area contributed by atoms with Crippen LogP contribution >= 0.6 is 0 Å². The fourth-order valence-electron chi connectivity index (χ4n) is 3.11. The fraction of sp³-hybridized carbons (Fsp3) is 0.278. The van der Waals surface area contributed by atoms with E-state index < -0.39 is 14.9 Å². The zero-order valence-electron chi connectivity index (χ0n) is 14.7. The number of piperazine rings is 1. The summed E-state index contributed by atoms with van der Waals surface area (Å²) in [6.07, 6.45) is 0. The molecule has 0 radical (unpaired) electrons. The van der Waals surface area contributed by atoms with Crippen LogP contribution in [0.5, 0.6) is 0 Å². The zero-order chi connectivity index (χ0) is 19.6. The second kappa shape index (κ2) is 7.45. The van der Waals surface area contributed by atoms with Crippen molar-refractivity contribution in [3.63, 3.8) is 0 Å². The predicted molar refractivity (Wildman–Crippen MR) is 98.9 cm³/mol. The van der Waals surface area contributed by atoms with Crippen LogP contribution in [-0.4, -0.2) is 54.6 Å². The summed E-state index contributed by atoms with van der Waals surface area (Å²) in [6, 6.07) is 12.8.